The van der Waals surface area contributed by atoms with Crippen LogP contribution in [0.25, 0.3) is 11.0 Å². The predicted molar refractivity (Wildman–Crippen MR) is 147 cm³/mol. The van der Waals surface area contributed by atoms with Crippen molar-refractivity contribution in [2.24, 2.45) is 0 Å². The first-order valence-corrected chi connectivity index (χ1v) is 12.6. The number of ether oxygens (including phenoxy) is 2. The predicted octanol–water partition coefficient (Wildman–Crippen LogP) is 7.03. The van der Waals surface area contributed by atoms with Crippen LogP contribution < -0.4 is 20.2 Å². The largest absolute Gasteiger partial charge is 0.484 e. The Labute approximate surface area is 217 Å². The molecule has 3 aromatic carbocycles. The molecule has 6 nitrogen and oxygen atoms in total. The summed E-state index contributed by atoms with van der Waals surface area (Å²) in [4.78, 5) is 25.6. The highest BCUT2D eigenvalue weighted by Gasteiger charge is 2.15. The van der Waals surface area contributed by atoms with Gasteiger partial charge in [0.15, 0.2) is 6.61 Å². The van der Waals surface area contributed by atoms with E-state index in [0.29, 0.717) is 22.5 Å². The van der Waals surface area contributed by atoms with E-state index in [1.54, 1.807) is 18.2 Å². The quantitative estimate of drug-likeness (QED) is 0.282. The number of amides is 1. The van der Waals surface area contributed by atoms with Gasteiger partial charge in [-0.05, 0) is 59.2 Å². The normalized spacial score (nSPS) is 11.4. The third-order valence-corrected chi connectivity index (χ3v) is 6.30. The first kappa shape index (κ1) is 26.0. The molecule has 0 bridgehead atoms. The number of anilines is 1. The summed E-state index contributed by atoms with van der Waals surface area (Å²) in [6, 6.07) is 18.6. The van der Waals surface area contributed by atoms with Crippen LogP contribution in [0.1, 0.15) is 51.3 Å². The van der Waals surface area contributed by atoms with E-state index in [9.17, 15) is 9.59 Å². The molecule has 0 saturated carbocycles. The Bertz CT molecular complexity index is 1440. The van der Waals surface area contributed by atoms with E-state index < -0.39 is 0 Å². The molecular weight excluding hydrogens is 466 g/mol. The van der Waals surface area contributed by atoms with Crippen molar-refractivity contribution in [1.29, 1.82) is 0 Å². The lowest BCUT2D eigenvalue weighted by molar-refractivity contribution is -0.118. The van der Waals surface area contributed by atoms with Gasteiger partial charge in [0, 0.05) is 11.8 Å². The molecule has 0 aliphatic rings. The zero-order chi connectivity index (χ0) is 26.6. The Morgan fingerprint density at radius 2 is 1.57 bits per heavy atom. The summed E-state index contributed by atoms with van der Waals surface area (Å²) in [5.41, 5.74) is 4.29. The minimum absolute atomic E-state index is 0.0272. The maximum Gasteiger partial charge on any atom is 0.262 e. The maximum atomic E-state index is 13.0. The number of carbonyl (C=O) groups excluding carboxylic acids is 1. The molecule has 0 spiro atoms. The SMILES string of the molecule is CCc1cccc(CC)c1NC(=O)COc1ccc2c(=O)c(Oc3ccc(C(C)(C)C)cc3)coc2c1. The number of hydrogen-bond acceptors (Lipinski definition) is 5. The van der Waals surface area contributed by atoms with E-state index in [2.05, 4.69) is 39.9 Å². The van der Waals surface area contributed by atoms with Gasteiger partial charge in [-0.25, -0.2) is 0 Å². The third kappa shape index (κ3) is 6.02. The zero-order valence-electron chi connectivity index (χ0n) is 22.0. The molecule has 37 heavy (non-hydrogen) atoms. The second kappa shape index (κ2) is 10.9. The molecule has 6 heteroatoms. The fraction of sp³-hybridized carbons (Fsp3) is 0.290. The molecule has 0 radical (unpaired) electrons. The first-order chi connectivity index (χ1) is 17.7. The van der Waals surface area contributed by atoms with Gasteiger partial charge in [0.25, 0.3) is 5.91 Å². The Balaban J connectivity index is 1.45. The smallest absolute Gasteiger partial charge is 0.262 e. The summed E-state index contributed by atoms with van der Waals surface area (Å²) in [6.07, 6.45) is 2.94. The van der Waals surface area contributed by atoms with Gasteiger partial charge >= 0.3 is 0 Å². The Morgan fingerprint density at radius 1 is 0.919 bits per heavy atom. The minimum atomic E-state index is -0.284. The standard InChI is InChI=1S/C31H33NO5/c1-6-20-9-8-10-21(7-2)29(20)32-28(33)19-35-24-15-16-25-26(17-24)36-18-27(30(25)34)37-23-13-11-22(12-14-23)31(3,4)5/h8-18H,6-7,19H2,1-5H3,(H,32,33). The molecule has 1 N–H and O–H groups in total. The van der Waals surface area contributed by atoms with E-state index >= 15 is 0 Å². The highest BCUT2D eigenvalue weighted by Crippen LogP contribution is 2.28. The van der Waals surface area contributed by atoms with Crippen LogP contribution in [0.2, 0.25) is 0 Å². The van der Waals surface area contributed by atoms with Gasteiger partial charge in [-0.3, -0.25) is 9.59 Å². The van der Waals surface area contributed by atoms with E-state index in [-0.39, 0.29) is 29.1 Å². The van der Waals surface area contributed by atoms with Crippen LogP contribution in [0.5, 0.6) is 17.2 Å². The van der Waals surface area contributed by atoms with Crippen LogP contribution in [0, 0.1) is 0 Å². The highest BCUT2D eigenvalue weighted by atomic mass is 16.5. The summed E-state index contributed by atoms with van der Waals surface area (Å²) in [6.45, 7) is 10.4. The van der Waals surface area contributed by atoms with Crippen LogP contribution in [0.3, 0.4) is 0 Å². The zero-order valence-corrected chi connectivity index (χ0v) is 22.0. The fourth-order valence-electron chi connectivity index (χ4n) is 4.13. The number of benzene rings is 3. The van der Waals surface area contributed by atoms with Gasteiger partial charge in [-0.2, -0.15) is 0 Å². The summed E-state index contributed by atoms with van der Waals surface area (Å²) >= 11 is 0. The molecule has 1 aromatic heterocycles. The van der Waals surface area contributed by atoms with E-state index in [0.717, 1.165) is 29.7 Å². The molecule has 0 aliphatic heterocycles. The lowest BCUT2D eigenvalue weighted by Gasteiger charge is -2.19. The molecule has 1 heterocycles. The van der Waals surface area contributed by atoms with E-state index in [4.69, 9.17) is 13.9 Å². The molecule has 0 fully saturated rings. The van der Waals surface area contributed by atoms with Gasteiger partial charge in [0.2, 0.25) is 11.2 Å². The number of rotatable bonds is 8. The molecule has 4 rings (SSSR count). The fourth-order valence-corrected chi connectivity index (χ4v) is 4.13. The summed E-state index contributed by atoms with van der Waals surface area (Å²) < 4.78 is 17.2. The van der Waals surface area contributed by atoms with Crippen molar-refractivity contribution in [1.82, 2.24) is 0 Å². The van der Waals surface area contributed by atoms with Crippen LogP contribution >= 0.6 is 0 Å². The molecule has 0 atom stereocenters. The van der Waals surface area contributed by atoms with Crippen molar-refractivity contribution in [2.75, 3.05) is 11.9 Å². The third-order valence-electron chi connectivity index (χ3n) is 6.30. The molecule has 0 aliphatic carbocycles. The molecule has 192 valence electrons. The van der Waals surface area contributed by atoms with Crippen molar-refractivity contribution in [3.63, 3.8) is 0 Å². The lowest BCUT2D eigenvalue weighted by atomic mass is 9.87. The molecular formula is C31H33NO5. The topological polar surface area (TPSA) is 77.8 Å². The summed E-state index contributed by atoms with van der Waals surface area (Å²) in [5, 5.41) is 3.35. The molecule has 1 amide bonds. The Kier molecular flexibility index (Phi) is 7.67. The van der Waals surface area contributed by atoms with Gasteiger partial charge in [0.1, 0.15) is 23.3 Å². The van der Waals surface area contributed by atoms with Crippen molar-refractivity contribution < 1.29 is 18.7 Å². The van der Waals surface area contributed by atoms with Crippen LogP contribution in [0.15, 0.2) is 76.1 Å². The van der Waals surface area contributed by atoms with Gasteiger partial charge in [-0.1, -0.05) is 65.0 Å². The van der Waals surface area contributed by atoms with Crippen LogP contribution in [-0.2, 0) is 23.1 Å². The maximum absolute atomic E-state index is 13.0. The number of aryl methyl sites for hydroxylation is 2. The van der Waals surface area contributed by atoms with Gasteiger partial charge < -0.3 is 19.2 Å². The van der Waals surface area contributed by atoms with Crippen molar-refractivity contribution in [2.45, 2.75) is 52.9 Å². The number of carbonyl (C=O) groups is 1. The van der Waals surface area contributed by atoms with Crippen LogP contribution in [0.4, 0.5) is 5.69 Å². The second-order valence-corrected chi connectivity index (χ2v) is 9.96. The van der Waals surface area contributed by atoms with Crippen molar-refractivity contribution in [3.8, 4) is 17.2 Å². The molecule has 0 saturated heterocycles. The average Bonchev–Trinajstić information content (AvgIpc) is 2.89. The number of hydrogen-bond donors (Lipinski definition) is 1. The van der Waals surface area contributed by atoms with Crippen molar-refractivity contribution in [3.05, 3.63) is 93.8 Å². The second-order valence-electron chi connectivity index (χ2n) is 9.96. The van der Waals surface area contributed by atoms with Crippen LogP contribution in [-0.4, -0.2) is 12.5 Å². The minimum Gasteiger partial charge on any atom is -0.484 e. The number of para-hydroxylation sites is 1. The number of fused-ring (bicyclic) bond motifs is 1. The summed E-state index contributed by atoms with van der Waals surface area (Å²) in [7, 11) is 0. The Morgan fingerprint density at radius 3 is 2.19 bits per heavy atom. The van der Waals surface area contributed by atoms with Gasteiger partial charge in [-0.15, -0.1) is 0 Å². The van der Waals surface area contributed by atoms with Crippen molar-refractivity contribution >= 4 is 22.6 Å². The monoisotopic (exact) mass is 499 g/mol. The first-order valence-electron chi connectivity index (χ1n) is 12.6. The highest BCUT2D eigenvalue weighted by molar-refractivity contribution is 5.93. The molecule has 4 aromatic rings. The lowest BCUT2D eigenvalue weighted by Crippen LogP contribution is -2.21. The molecule has 0 unspecified atom stereocenters. The number of nitrogens with one attached hydrogen (secondary N) is 1. The van der Waals surface area contributed by atoms with E-state index in [1.807, 2.05) is 42.5 Å². The Hall–Kier alpha value is -4.06. The summed E-state index contributed by atoms with van der Waals surface area (Å²) in [5.74, 6) is 0.835. The van der Waals surface area contributed by atoms with Gasteiger partial charge in [0.05, 0.1) is 5.39 Å². The average molecular weight is 500 g/mol. The van der Waals surface area contributed by atoms with E-state index in [1.165, 1.54) is 11.8 Å².